The van der Waals surface area contributed by atoms with E-state index >= 15 is 0 Å². The van der Waals surface area contributed by atoms with Gasteiger partial charge in [-0.2, -0.15) is 0 Å². The number of halogens is 1. The van der Waals surface area contributed by atoms with Crippen LogP contribution >= 0.6 is 11.6 Å². The largest absolute Gasteiger partial charge is 0.493 e. The Balaban J connectivity index is 1.03. The minimum atomic E-state index is -1.15. The third kappa shape index (κ3) is 9.63. The molecule has 64 heavy (non-hydrogen) atoms. The molecule has 1 heterocycles. The second-order valence-electron chi connectivity index (χ2n) is 18.5. The Morgan fingerprint density at radius 2 is 1.72 bits per heavy atom. The number of anilines is 1. The van der Waals surface area contributed by atoms with Crippen LogP contribution in [0.1, 0.15) is 98.2 Å². The molecule has 3 aliphatic rings. The van der Waals surface area contributed by atoms with Crippen molar-refractivity contribution in [3.05, 3.63) is 142 Å². The van der Waals surface area contributed by atoms with Gasteiger partial charge in [0.05, 0.1) is 6.61 Å². The topological polar surface area (TPSA) is 147 Å². The van der Waals surface area contributed by atoms with Gasteiger partial charge in [-0.25, -0.2) is 9.59 Å². The van der Waals surface area contributed by atoms with Crippen molar-refractivity contribution in [3.8, 4) is 22.6 Å². The number of nitrogens with one attached hydrogen (secondary N) is 2. The SMILES string of the molecule is Cc1ccc(OCC(=O)N[C@H](Cc2ccccc2)C(=O)O)cc1-c1ccc2c(c1)C1(CCC(Nc3cccc(Cl)c3)(C(=O)O)CC1)[C@@H](C[C@@H](C)COc1ccnc3c1[C@H](C)CCC3)C2. The average Bonchev–Trinajstić information content (AvgIpc) is 3.57. The molecule has 4 atom stereocenters. The number of hydrogen-bond donors (Lipinski definition) is 4. The Morgan fingerprint density at radius 3 is 2.47 bits per heavy atom. The van der Waals surface area contributed by atoms with E-state index in [1.165, 1.54) is 16.7 Å². The minimum Gasteiger partial charge on any atom is -0.493 e. The lowest BCUT2D eigenvalue weighted by Crippen LogP contribution is -2.53. The van der Waals surface area contributed by atoms with Crippen molar-refractivity contribution >= 4 is 35.1 Å². The summed E-state index contributed by atoms with van der Waals surface area (Å²) >= 11 is 6.34. The quantitative estimate of drug-likeness (QED) is 0.0760. The van der Waals surface area contributed by atoms with Crippen LogP contribution < -0.4 is 20.1 Å². The van der Waals surface area contributed by atoms with E-state index in [0.717, 1.165) is 65.8 Å². The molecule has 1 fully saturated rings. The smallest absolute Gasteiger partial charge is 0.329 e. The maximum absolute atomic E-state index is 13.2. The van der Waals surface area contributed by atoms with Crippen molar-refractivity contribution in [3.63, 3.8) is 0 Å². The van der Waals surface area contributed by atoms with Gasteiger partial charge in [0.15, 0.2) is 6.61 Å². The molecule has 8 rings (SSSR count). The number of aryl methyl sites for hydroxylation is 2. The number of hydrogen-bond acceptors (Lipinski definition) is 7. The summed E-state index contributed by atoms with van der Waals surface area (Å²) in [6.07, 6.45) is 9.38. The molecule has 0 bridgehead atoms. The Kier molecular flexibility index (Phi) is 13.3. The molecule has 0 unspecified atom stereocenters. The van der Waals surface area contributed by atoms with E-state index in [0.29, 0.717) is 54.7 Å². The lowest BCUT2D eigenvalue weighted by Gasteiger charge is -2.47. The lowest BCUT2D eigenvalue weighted by atomic mass is 9.59. The summed E-state index contributed by atoms with van der Waals surface area (Å²) in [6, 6.07) is 29.8. The number of pyridine rings is 1. The average molecular weight is 885 g/mol. The number of carbonyl (C=O) groups is 3. The molecule has 1 amide bonds. The zero-order chi connectivity index (χ0) is 45.0. The maximum Gasteiger partial charge on any atom is 0.329 e. The lowest BCUT2D eigenvalue weighted by molar-refractivity contribution is -0.144. The van der Waals surface area contributed by atoms with Gasteiger partial charge in [0.25, 0.3) is 5.91 Å². The summed E-state index contributed by atoms with van der Waals surface area (Å²) < 4.78 is 12.6. The van der Waals surface area contributed by atoms with Gasteiger partial charge in [-0.3, -0.25) is 9.78 Å². The van der Waals surface area contributed by atoms with Gasteiger partial charge in [0, 0.05) is 34.6 Å². The molecular weight excluding hydrogens is 826 g/mol. The molecule has 0 saturated heterocycles. The molecule has 0 aliphatic heterocycles. The molecule has 5 aromatic rings. The zero-order valence-electron chi connectivity index (χ0n) is 36.9. The second-order valence-corrected chi connectivity index (χ2v) is 18.9. The van der Waals surface area contributed by atoms with Gasteiger partial charge in [-0.1, -0.05) is 86.1 Å². The highest BCUT2D eigenvalue weighted by molar-refractivity contribution is 6.30. The van der Waals surface area contributed by atoms with Crippen LogP contribution in [-0.4, -0.2) is 57.8 Å². The number of nitrogens with zero attached hydrogens (tertiary/aromatic N) is 1. The molecule has 0 radical (unpaired) electrons. The van der Waals surface area contributed by atoms with Crippen molar-refractivity contribution in [1.82, 2.24) is 10.3 Å². The van der Waals surface area contributed by atoms with Gasteiger partial charge in [0.1, 0.15) is 23.1 Å². The van der Waals surface area contributed by atoms with Crippen LogP contribution in [0.3, 0.4) is 0 Å². The molecular formula is C53H58ClN3O7. The number of carboxylic acid groups (broad SMARTS) is 2. The Hall–Kier alpha value is -5.87. The second kappa shape index (κ2) is 19.1. The number of ether oxygens (including phenoxy) is 2. The Morgan fingerprint density at radius 1 is 0.922 bits per heavy atom. The van der Waals surface area contributed by atoms with Crippen LogP contribution in [0.25, 0.3) is 11.1 Å². The van der Waals surface area contributed by atoms with Gasteiger partial charge in [-0.05, 0) is 158 Å². The monoisotopic (exact) mass is 883 g/mol. The van der Waals surface area contributed by atoms with Gasteiger partial charge in [0.2, 0.25) is 0 Å². The predicted molar refractivity (Wildman–Crippen MR) is 249 cm³/mol. The van der Waals surface area contributed by atoms with E-state index < -0.39 is 29.4 Å². The van der Waals surface area contributed by atoms with Crippen molar-refractivity contribution in [1.29, 1.82) is 0 Å². The first kappa shape index (κ1) is 44.7. The van der Waals surface area contributed by atoms with Crippen molar-refractivity contribution < 1.29 is 34.1 Å². The summed E-state index contributed by atoms with van der Waals surface area (Å²) in [5, 5.41) is 27.2. The fourth-order valence-electron chi connectivity index (χ4n) is 10.7. The highest BCUT2D eigenvalue weighted by atomic mass is 35.5. The minimum absolute atomic E-state index is 0.159. The zero-order valence-corrected chi connectivity index (χ0v) is 37.6. The van der Waals surface area contributed by atoms with E-state index in [1.807, 2.05) is 79.9 Å². The number of rotatable bonds is 16. The normalized spacial score (nSPS) is 22.1. The number of carboxylic acids is 2. The third-order valence-corrected chi connectivity index (χ3v) is 14.3. The molecule has 3 aliphatic carbocycles. The van der Waals surface area contributed by atoms with E-state index in [4.69, 9.17) is 21.1 Å². The van der Waals surface area contributed by atoms with Crippen LogP contribution in [0.2, 0.25) is 5.02 Å². The molecule has 1 aromatic heterocycles. The highest BCUT2D eigenvalue weighted by Crippen LogP contribution is 2.57. The van der Waals surface area contributed by atoms with Gasteiger partial charge < -0.3 is 30.3 Å². The Bertz CT molecular complexity index is 2500. The van der Waals surface area contributed by atoms with Crippen molar-refractivity contribution in [2.24, 2.45) is 11.8 Å². The van der Waals surface area contributed by atoms with Crippen molar-refractivity contribution in [2.75, 3.05) is 18.5 Å². The summed E-state index contributed by atoms with van der Waals surface area (Å²) in [6.45, 7) is 6.83. The first-order valence-corrected chi connectivity index (χ1v) is 23.0. The fourth-order valence-corrected chi connectivity index (χ4v) is 10.9. The molecule has 4 N–H and O–H groups in total. The number of carbonyl (C=O) groups excluding carboxylic acids is 1. The predicted octanol–water partition coefficient (Wildman–Crippen LogP) is 10.4. The number of fused-ring (bicyclic) bond motifs is 3. The van der Waals surface area contributed by atoms with Crippen LogP contribution in [0.5, 0.6) is 11.5 Å². The first-order chi connectivity index (χ1) is 30.8. The number of amides is 1. The van der Waals surface area contributed by atoms with Crippen LogP contribution in [0.15, 0.2) is 103 Å². The summed E-state index contributed by atoms with van der Waals surface area (Å²) in [4.78, 5) is 42.9. The molecule has 334 valence electrons. The first-order valence-electron chi connectivity index (χ1n) is 22.6. The highest BCUT2D eigenvalue weighted by Gasteiger charge is 2.54. The number of aliphatic carboxylic acids is 2. The van der Waals surface area contributed by atoms with Crippen LogP contribution in [0, 0.1) is 18.8 Å². The molecule has 4 aromatic carbocycles. The number of benzene rings is 4. The van der Waals surface area contributed by atoms with E-state index in [9.17, 15) is 24.6 Å². The summed E-state index contributed by atoms with van der Waals surface area (Å²) in [5.74, 6) is -0.132. The van der Waals surface area contributed by atoms with Crippen molar-refractivity contribution in [2.45, 2.75) is 108 Å². The van der Waals surface area contributed by atoms with Crippen LogP contribution in [0.4, 0.5) is 5.69 Å². The van der Waals surface area contributed by atoms with Gasteiger partial charge in [-0.15, -0.1) is 0 Å². The molecule has 11 heteroatoms. The standard InChI is InChI=1S/C53H58ClN3O7/c1-33(31-64-47-19-24-55-45-14-7-9-35(3)49(45)47)25-39-27-38-17-16-37(28-44(38)52(39)20-22-53(23-21-52,51(61)62)57-41-13-8-12-40(54)29-41)43-30-42(18-15-34(43)2)63-32-48(58)56-46(50(59)60)26-36-10-5-4-6-11-36/h4-6,8,10-13,15-19,24,28-30,33,35,39,46,57H,7,9,14,20-23,25-27,31-32H2,1-3H3,(H,56,58)(H,59,60)(H,61,62)/t33-,35-,39+,46-,52?,53?/m1/s1. The van der Waals surface area contributed by atoms with E-state index in [-0.39, 0.29) is 30.3 Å². The van der Waals surface area contributed by atoms with E-state index in [1.54, 1.807) is 12.1 Å². The molecule has 1 saturated carbocycles. The maximum atomic E-state index is 13.2. The molecule has 1 spiro atoms. The molecule has 10 nitrogen and oxygen atoms in total. The third-order valence-electron chi connectivity index (χ3n) is 14.1. The van der Waals surface area contributed by atoms with Crippen LogP contribution in [-0.2, 0) is 39.1 Å². The number of aromatic nitrogens is 1. The summed E-state index contributed by atoms with van der Waals surface area (Å²) in [5.41, 5.74) is 8.06. The summed E-state index contributed by atoms with van der Waals surface area (Å²) in [7, 11) is 0. The van der Waals surface area contributed by atoms with E-state index in [2.05, 4.69) is 47.7 Å². The Labute approximate surface area is 380 Å². The fraction of sp³-hybridized carbons (Fsp3) is 0.396. The van der Waals surface area contributed by atoms with Gasteiger partial charge >= 0.3 is 11.9 Å².